The molecule has 2 aromatic rings. The molecule has 0 aliphatic rings. The van der Waals surface area contributed by atoms with Gasteiger partial charge in [0.15, 0.2) is 0 Å². The summed E-state index contributed by atoms with van der Waals surface area (Å²) in [7, 11) is 0. The zero-order valence-corrected chi connectivity index (χ0v) is 13.9. The second-order valence-electron chi connectivity index (χ2n) is 5.55. The number of nitrogens with zero attached hydrogens (tertiary/aromatic N) is 1. The van der Waals surface area contributed by atoms with Gasteiger partial charge in [0, 0.05) is 11.0 Å². The Balaban J connectivity index is 2.16. The quantitative estimate of drug-likeness (QED) is 0.610. The average molecular weight is 376 g/mol. The van der Waals surface area contributed by atoms with Crippen LogP contribution in [0.1, 0.15) is 19.5 Å². The van der Waals surface area contributed by atoms with E-state index in [9.17, 15) is 26.7 Å². The van der Waals surface area contributed by atoms with Gasteiger partial charge in [0.2, 0.25) is 5.91 Å². The Hall–Kier alpha value is -2.16. The highest BCUT2D eigenvalue weighted by Gasteiger charge is 2.34. The summed E-state index contributed by atoms with van der Waals surface area (Å²) in [5.74, 6) is -2.53. The van der Waals surface area contributed by atoms with E-state index in [1.807, 2.05) is 0 Å². The van der Waals surface area contributed by atoms with Crippen molar-refractivity contribution in [2.24, 2.45) is 0 Å². The molecule has 3 nitrogen and oxygen atoms in total. The summed E-state index contributed by atoms with van der Waals surface area (Å²) < 4.78 is 63.4. The van der Waals surface area contributed by atoms with Gasteiger partial charge in [0.1, 0.15) is 23.1 Å². The van der Waals surface area contributed by atoms with Gasteiger partial charge in [-0.05, 0) is 38.1 Å². The highest BCUT2D eigenvalue weighted by atomic mass is 32.2. The Morgan fingerprint density at radius 3 is 2.40 bits per heavy atom. The molecule has 134 valence electrons. The van der Waals surface area contributed by atoms with Crippen LogP contribution in [0, 0.1) is 11.6 Å². The van der Waals surface area contributed by atoms with Gasteiger partial charge in [0.25, 0.3) is 0 Å². The van der Waals surface area contributed by atoms with Crippen LogP contribution in [-0.2, 0) is 11.0 Å². The van der Waals surface area contributed by atoms with Gasteiger partial charge in [-0.2, -0.15) is 13.2 Å². The molecule has 1 aromatic carbocycles. The number of benzene rings is 1. The molecule has 0 aliphatic heterocycles. The van der Waals surface area contributed by atoms with Crippen molar-refractivity contribution in [3.8, 4) is 0 Å². The van der Waals surface area contributed by atoms with Crippen LogP contribution < -0.4 is 5.32 Å². The molecule has 0 aliphatic carbocycles. The number of aromatic nitrogens is 1. The number of carbonyl (C=O) groups is 1. The molecule has 1 heterocycles. The molecular formula is C16H13F5N2OS. The second kappa shape index (κ2) is 6.99. The van der Waals surface area contributed by atoms with Crippen molar-refractivity contribution in [1.29, 1.82) is 0 Å². The third kappa shape index (κ3) is 4.91. The van der Waals surface area contributed by atoms with Crippen LogP contribution in [0.5, 0.6) is 0 Å². The number of rotatable bonds is 4. The van der Waals surface area contributed by atoms with E-state index in [2.05, 4.69) is 10.3 Å². The number of hydrogen-bond donors (Lipinski definition) is 1. The third-order valence-electron chi connectivity index (χ3n) is 3.09. The number of hydrogen-bond acceptors (Lipinski definition) is 3. The van der Waals surface area contributed by atoms with E-state index in [1.165, 1.54) is 26.0 Å². The van der Waals surface area contributed by atoms with Crippen molar-refractivity contribution < 1.29 is 26.7 Å². The first kappa shape index (κ1) is 19.2. The Morgan fingerprint density at radius 2 is 1.80 bits per heavy atom. The lowest BCUT2D eigenvalue weighted by Gasteiger charge is -2.23. The van der Waals surface area contributed by atoms with Gasteiger partial charge in [-0.15, -0.1) is 11.8 Å². The number of thioether (sulfide) groups is 1. The van der Waals surface area contributed by atoms with Gasteiger partial charge in [-0.25, -0.2) is 13.8 Å². The molecule has 0 unspecified atom stereocenters. The molecule has 1 N–H and O–H groups in total. The summed E-state index contributed by atoms with van der Waals surface area (Å²) in [5.41, 5.74) is -1.14. The van der Waals surface area contributed by atoms with Crippen LogP contribution >= 0.6 is 11.8 Å². The van der Waals surface area contributed by atoms with Crippen molar-refractivity contribution in [2.75, 3.05) is 5.32 Å². The molecule has 1 amide bonds. The monoisotopic (exact) mass is 376 g/mol. The maximum atomic E-state index is 13.7. The summed E-state index contributed by atoms with van der Waals surface area (Å²) in [6.45, 7) is 2.92. The molecule has 0 atom stereocenters. The van der Waals surface area contributed by atoms with Gasteiger partial charge in [0.05, 0.1) is 4.75 Å². The van der Waals surface area contributed by atoms with E-state index in [4.69, 9.17) is 0 Å². The minimum Gasteiger partial charge on any atom is -0.309 e. The average Bonchev–Trinajstić information content (AvgIpc) is 2.49. The van der Waals surface area contributed by atoms with Crippen LogP contribution in [-0.4, -0.2) is 15.6 Å². The van der Waals surface area contributed by atoms with E-state index < -0.39 is 34.2 Å². The summed E-state index contributed by atoms with van der Waals surface area (Å²) in [5, 5.41) is 2.28. The zero-order valence-electron chi connectivity index (χ0n) is 13.1. The van der Waals surface area contributed by atoms with Gasteiger partial charge < -0.3 is 5.32 Å². The highest BCUT2D eigenvalue weighted by Crippen LogP contribution is 2.35. The van der Waals surface area contributed by atoms with Gasteiger partial charge in [-0.1, -0.05) is 6.07 Å². The first-order valence-corrected chi connectivity index (χ1v) is 7.80. The van der Waals surface area contributed by atoms with E-state index in [0.717, 1.165) is 30.0 Å². The number of alkyl halides is 3. The molecule has 0 bridgehead atoms. The number of nitrogens with one attached hydrogen (secondary N) is 1. The maximum Gasteiger partial charge on any atom is 0.433 e. The first-order chi connectivity index (χ1) is 11.5. The van der Waals surface area contributed by atoms with Crippen molar-refractivity contribution in [3.05, 3.63) is 53.7 Å². The third-order valence-corrected chi connectivity index (χ3v) is 4.33. The number of anilines is 1. The summed E-state index contributed by atoms with van der Waals surface area (Å²) in [4.78, 5) is 15.7. The van der Waals surface area contributed by atoms with Gasteiger partial charge in [-0.3, -0.25) is 4.79 Å². The summed E-state index contributed by atoms with van der Waals surface area (Å²) in [6.07, 6.45) is -4.64. The Labute approximate surface area is 144 Å². The minimum atomic E-state index is -4.64. The lowest BCUT2D eigenvalue weighted by molar-refractivity contribution is -0.141. The van der Waals surface area contributed by atoms with E-state index in [1.54, 1.807) is 0 Å². The molecule has 0 saturated carbocycles. The fourth-order valence-corrected chi connectivity index (χ4v) is 2.79. The van der Waals surface area contributed by atoms with E-state index in [0.29, 0.717) is 6.07 Å². The Bertz CT molecular complexity index is 792. The number of pyridine rings is 1. The molecular weight excluding hydrogens is 363 g/mol. The van der Waals surface area contributed by atoms with Crippen molar-refractivity contribution in [3.63, 3.8) is 0 Å². The topological polar surface area (TPSA) is 42.0 Å². The minimum absolute atomic E-state index is 0.0403. The zero-order chi connectivity index (χ0) is 18.8. The standard InChI is InChI=1S/C16H13F5N2OS/c1-15(2,25-11-7-6-9(17)8-10(11)18)14(24)23-13-5-3-4-12(22-13)16(19,20)21/h3-8H,1-2H3,(H,22,23,24). The molecule has 9 heteroatoms. The Kier molecular flexibility index (Phi) is 5.36. The molecule has 1 aromatic heterocycles. The lowest BCUT2D eigenvalue weighted by Crippen LogP contribution is -2.34. The second-order valence-corrected chi connectivity index (χ2v) is 7.21. The van der Waals surface area contributed by atoms with E-state index in [-0.39, 0.29) is 10.7 Å². The van der Waals surface area contributed by atoms with Crippen LogP contribution in [0.25, 0.3) is 0 Å². The van der Waals surface area contributed by atoms with Crippen LogP contribution in [0.2, 0.25) is 0 Å². The molecule has 0 saturated heterocycles. The Morgan fingerprint density at radius 1 is 1.12 bits per heavy atom. The van der Waals surface area contributed by atoms with Crippen molar-refractivity contribution in [2.45, 2.75) is 29.7 Å². The fraction of sp³-hybridized carbons (Fsp3) is 0.250. The highest BCUT2D eigenvalue weighted by molar-refractivity contribution is 8.01. The first-order valence-electron chi connectivity index (χ1n) is 6.99. The van der Waals surface area contributed by atoms with Crippen LogP contribution in [0.4, 0.5) is 27.8 Å². The fourth-order valence-electron chi connectivity index (χ4n) is 1.81. The summed E-state index contributed by atoms with van der Waals surface area (Å²) >= 11 is 0.815. The maximum absolute atomic E-state index is 13.7. The van der Waals surface area contributed by atoms with E-state index >= 15 is 0 Å². The number of amides is 1. The molecule has 0 fully saturated rings. The predicted octanol–water partition coefficient (Wildman–Crippen LogP) is 4.89. The van der Waals surface area contributed by atoms with Crippen molar-refractivity contribution >= 4 is 23.5 Å². The van der Waals surface area contributed by atoms with Crippen molar-refractivity contribution in [1.82, 2.24) is 4.98 Å². The van der Waals surface area contributed by atoms with Gasteiger partial charge >= 0.3 is 6.18 Å². The molecule has 25 heavy (non-hydrogen) atoms. The normalized spacial score (nSPS) is 12.1. The SMILES string of the molecule is CC(C)(Sc1ccc(F)cc1F)C(=O)Nc1cccc(C(F)(F)F)n1. The predicted molar refractivity (Wildman–Crippen MR) is 84.2 cm³/mol. The largest absolute Gasteiger partial charge is 0.433 e. The smallest absolute Gasteiger partial charge is 0.309 e. The molecule has 0 radical (unpaired) electrons. The molecule has 0 spiro atoms. The van der Waals surface area contributed by atoms with Crippen LogP contribution in [0.15, 0.2) is 41.3 Å². The number of halogens is 5. The van der Waals surface area contributed by atoms with Crippen LogP contribution in [0.3, 0.4) is 0 Å². The lowest BCUT2D eigenvalue weighted by atomic mass is 10.2. The summed E-state index contributed by atoms with van der Waals surface area (Å²) in [6, 6.07) is 6.03. The molecule has 2 rings (SSSR count). The number of carbonyl (C=O) groups excluding carboxylic acids is 1.